The van der Waals surface area contributed by atoms with Gasteiger partial charge in [-0.1, -0.05) is 19.3 Å². The third-order valence-electron chi connectivity index (χ3n) is 5.89. The summed E-state index contributed by atoms with van der Waals surface area (Å²) in [5, 5.41) is 17.1. The number of guanidine groups is 1. The lowest BCUT2D eigenvalue weighted by Gasteiger charge is -2.58. The van der Waals surface area contributed by atoms with Gasteiger partial charge in [-0.2, -0.15) is 0 Å². The fourth-order valence-corrected chi connectivity index (χ4v) is 4.50. The minimum absolute atomic E-state index is 0. The van der Waals surface area contributed by atoms with E-state index in [1.54, 1.807) is 18.4 Å². The van der Waals surface area contributed by atoms with Gasteiger partial charge in [0.2, 0.25) is 0 Å². The summed E-state index contributed by atoms with van der Waals surface area (Å²) in [6, 6.07) is 3.94. The van der Waals surface area contributed by atoms with Gasteiger partial charge in [-0.05, 0) is 45.2 Å². The molecule has 27 heavy (non-hydrogen) atoms. The van der Waals surface area contributed by atoms with Crippen LogP contribution in [0, 0.1) is 5.41 Å². The molecule has 1 heterocycles. The number of hydrogen-bond acceptors (Lipinski definition) is 4. The number of aliphatic hydroxyl groups is 1. The van der Waals surface area contributed by atoms with Crippen LogP contribution < -0.4 is 10.6 Å². The lowest BCUT2D eigenvalue weighted by Crippen LogP contribution is -2.66. The first-order valence-corrected chi connectivity index (χ1v) is 10.1. The van der Waals surface area contributed by atoms with Crippen LogP contribution >= 0.6 is 24.0 Å². The number of nitrogens with zero attached hydrogens (tertiary/aromatic N) is 1. The van der Waals surface area contributed by atoms with E-state index >= 15 is 0 Å². The third kappa shape index (κ3) is 5.17. The summed E-state index contributed by atoms with van der Waals surface area (Å²) in [5.41, 5.74) is 0.240. The predicted octanol–water partition coefficient (Wildman–Crippen LogP) is 3.61. The standard InChI is InChI=1S/C20H33N3O3.HI/c1-3-21-19(22-14-15(24)16-9-8-12-26-16)23-17-13-18(25-4-2)20(17)10-6-5-7-11-20;/h8-9,12,15,17-18,24H,3-7,10-11,13-14H2,1-2H3,(H2,21,22,23);1H. The molecule has 3 unspecified atom stereocenters. The molecule has 3 N–H and O–H groups in total. The summed E-state index contributed by atoms with van der Waals surface area (Å²) < 4.78 is 11.3. The summed E-state index contributed by atoms with van der Waals surface area (Å²) >= 11 is 0. The largest absolute Gasteiger partial charge is 0.467 e. The van der Waals surface area contributed by atoms with Gasteiger partial charge in [-0.25, -0.2) is 0 Å². The Morgan fingerprint density at radius 3 is 2.78 bits per heavy atom. The van der Waals surface area contributed by atoms with E-state index in [1.807, 2.05) is 0 Å². The van der Waals surface area contributed by atoms with Crippen LogP contribution in [-0.4, -0.2) is 42.9 Å². The van der Waals surface area contributed by atoms with Gasteiger partial charge in [-0.15, -0.1) is 24.0 Å². The number of aliphatic hydroxyl groups excluding tert-OH is 1. The minimum Gasteiger partial charge on any atom is -0.467 e. The SMILES string of the molecule is CCNC(=NCC(O)c1ccco1)NC1CC(OCC)C12CCCCC2.I. The molecule has 0 radical (unpaired) electrons. The number of furan rings is 1. The molecule has 0 saturated heterocycles. The highest BCUT2D eigenvalue weighted by Crippen LogP contribution is 2.53. The van der Waals surface area contributed by atoms with Gasteiger partial charge >= 0.3 is 0 Å². The molecule has 3 atom stereocenters. The molecule has 2 fully saturated rings. The highest BCUT2D eigenvalue weighted by atomic mass is 127. The summed E-state index contributed by atoms with van der Waals surface area (Å²) in [6.07, 6.45) is 8.59. The maximum absolute atomic E-state index is 10.2. The molecule has 0 bridgehead atoms. The molecule has 2 aliphatic carbocycles. The van der Waals surface area contributed by atoms with E-state index in [1.165, 1.54) is 32.1 Å². The van der Waals surface area contributed by atoms with E-state index in [-0.39, 0.29) is 35.9 Å². The molecule has 3 rings (SSSR count). The van der Waals surface area contributed by atoms with Crippen LogP contribution in [0.15, 0.2) is 27.8 Å². The number of hydrogen-bond donors (Lipinski definition) is 3. The monoisotopic (exact) mass is 491 g/mol. The normalized spacial score (nSPS) is 25.4. The second kappa shape index (κ2) is 10.7. The van der Waals surface area contributed by atoms with E-state index in [9.17, 15) is 5.11 Å². The van der Waals surface area contributed by atoms with Gasteiger partial charge in [0.1, 0.15) is 11.9 Å². The smallest absolute Gasteiger partial charge is 0.191 e. The van der Waals surface area contributed by atoms with Crippen molar-refractivity contribution in [1.82, 2.24) is 10.6 Å². The molecule has 1 spiro atoms. The van der Waals surface area contributed by atoms with Crippen molar-refractivity contribution in [2.24, 2.45) is 10.4 Å². The van der Waals surface area contributed by atoms with Gasteiger partial charge in [0.05, 0.1) is 18.9 Å². The van der Waals surface area contributed by atoms with Crippen molar-refractivity contribution in [3.63, 3.8) is 0 Å². The summed E-state index contributed by atoms with van der Waals surface area (Å²) in [6.45, 7) is 5.98. The number of rotatable bonds is 7. The summed E-state index contributed by atoms with van der Waals surface area (Å²) in [4.78, 5) is 4.58. The van der Waals surface area contributed by atoms with Crippen molar-refractivity contribution in [3.05, 3.63) is 24.2 Å². The van der Waals surface area contributed by atoms with Crippen molar-refractivity contribution >= 4 is 29.9 Å². The van der Waals surface area contributed by atoms with E-state index in [0.717, 1.165) is 25.5 Å². The highest BCUT2D eigenvalue weighted by molar-refractivity contribution is 14.0. The number of nitrogens with one attached hydrogen (secondary N) is 2. The molecular formula is C20H34IN3O3. The Labute approximate surface area is 179 Å². The molecule has 0 amide bonds. The lowest BCUT2D eigenvalue weighted by molar-refractivity contribution is -0.145. The Morgan fingerprint density at radius 1 is 1.37 bits per heavy atom. The van der Waals surface area contributed by atoms with E-state index in [4.69, 9.17) is 9.15 Å². The molecule has 0 aromatic carbocycles. The quantitative estimate of drug-likeness (QED) is 0.309. The van der Waals surface area contributed by atoms with Crippen LogP contribution in [0.4, 0.5) is 0 Å². The van der Waals surface area contributed by atoms with Crippen LogP contribution in [0.3, 0.4) is 0 Å². The lowest BCUT2D eigenvalue weighted by atomic mass is 9.55. The topological polar surface area (TPSA) is 79.0 Å². The Bertz CT molecular complexity index is 573. The fourth-order valence-electron chi connectivity index (χ4n) is 4.50. The van der Waals surface area contributed by atoms with Crippen LogP contribution in [0.25, 0.3) is 0 Å². The first kappa shape index (κ1) is 22.5. The molecular weight excluding hydrogens is 457 g/mol. The van der Waals surface area contributed by atoms with Crippen molar-refractivity contribution in [2.75, 3.05) is 19.7 Å². The van der Waals surface area contributed by atoms with Crippen molar-refractivity contribution in [3.8, 4) is 0 Å². The Hall–Kier alpha value is -0.800. The van der Waals surface area contributed by atoms with Crippen molar-refractivity contribution < 1.29 is 14.3 Å². The zero-order chi connectivity index (χ0) is 18.4. The third-order valence-corrected chi connectivity index (χ3v) is 5.89. The summed E-state index contributed by atoms with van der Waals surface area (Å²) in [7, 11) is 0. The van der Waals surface area contributed by atoms with Gasteiger partial charge in [-0.3, -0.25) is 4.99 Å². The maximum Gasteiger partial charge on any atom is 0.191 e. The van der Waals surface area contributed by atoms with E-state index in [2.05, 4.69) is 29.5 Å². The minimum atomic E-state index is -0.721. The number of halogens is 1. The van der Waals surface area contributed by atoms with Gasteiger partial charge in [0, 0.05) is 24.6 Å². The van der Waals surface area contributed by atoms with Crippen molar-refractivity contribution in [2.45, 2.75) is 70.6 Å². The van der Waals surface area contributed by atoms with Gasteiger partial charge in [0.25, 0.3) is 0 Å². The van der Waals surface area contributed by atoms with Gasteiger partial charge in [0.15, 0.2) is 5.96 Å². The second-order valence-corrected chi connectivity index (χ2v) is 7.42. The molecule has 2 saturated carbocycles. The predicted molar refractivity (Wildman–Crippen MR) is 118 cm³/mol. The fraction of sp³-hybridized carbons (Fsp3) is 0.750. The zero-order valence-corrected chi connectivity index (χ0v) is 18.8. The average Bonchev–Trinajstić information content (AvgIpc) is 3.20. The molecule has 2 aliphatic rings. The molecule has 7 heteroatoms. The number of aliphatic imine (C=N–C) groups is 1. The first-order valence-electron chi connectivity index (χ1n) is 10.1. The Balaban J connectivity index is 0.00000261. The second-order valence-electron chi connectivity index (χ2n) is 7.42. The number of ether oxygens (including phenoxy) is 1. The molecule has 154 valence electrons. The van der Waals surface area contributed by atoms with Gasteiger partial charge < -0.3 is 24.9 Å². The summed E-state index contributed by atoms with van der Waals surface area (Å²) in [5.74, 6) is 1.32. The van der Waals surface area contributed by atoms with Crippen molar-refractivity contribution in [1.29, 1.82) is 0 Å². The molecule has 1 aromatic heterocycles. The maximum atomic E-state index is 10.2. The zero-order valence-electron chi connectivity index (χ0n) is 16.4. The van der Waals surface area contributed by atoms with Crippen LogP contribution in [0.5, 0.6) is 0 Å². The molecule has 6 nitrogen and oxygen atoms in total. The van der Waals surface area contributed by atoms with Crippen LogP contribution in [0.2, 0.25) is 0 Å². The van der Waals surface area contributed by atoms with Crippen LogP contribution in [-0.2, 0) is 4.74 Å². The average molecular weight is 491 g/mol. The molecule has 0 aliphatic heterocycles. The van der Waals surface area contributed by atoms with E-state index in [0.29, 0.717) is 17.9 Å². The Kier molecular flexibility index (Phi) is 8.88. The molecule has 1 aromatic rings. The Morgan fingerprint density at radius 2 is 2.15 bits per heavy atom. The first-order chi connectivity index (χ1) is 12.7. The highest BCUT2D eigenvalue weighted by Gasteiger charge is 2.55. The van der Waals surface area contributed by atoms with E-state index < -0.39 is 6.10 Å². The van der Waals surface area contributed by atoms with Crippen LogP contribution in [0.1, 0.15) is 64.2 Å².